The lowest BCUT2D eigenvalue weighted by atomic mass is 10.1. The molecule has 0 bridgehead atoms. The predicted molar refractivity (Wildman–Crippen MR) is 144 cm³/mol. The van der Waals surface area contributed by atoms with Crippen molar-refractivity contribution in [2.24, 2.45) is 0 Å². The van der Waals surface area contributed by atoms with Crippen LogP contribution < -0.4 is 21.3 Å². The molecule has 192 valence electrons. The molecule has 0 aromatic heterocycles. The van der Waals surface area contributed by atoms with Gasteiger partial charge in [-0.1, -0.05) is 37.1 Å². The van der Waals surface area contributed by atoms with Crippen LogP contribution in [0.4, 0.5) is 11.4 Å². The maximum atomic E-state index is 12.4. The van der Waals surface area contributed by atoms with Crippen molar-refractivity contribution in [2.45, 2.75) is 82.6 Å². The summed E-state index contributed by atoms with van der Waals surface area (Å²) >= 11 is 0. The summed E-state index contributed by atoms with van der Waals surface area (Å²) in [4.78, 5) is 27.4. The van der Waals surface area contributed by atoms with E-state index in [0.717, 1.165) is 63.2 Å². The number of benzene rings is 2. The monoisotopic (exact) mass is 489 g/mol. The van der Waals surface area contributed by atoms with E-state index in [0.29, 0.717) is 6.04 Å². The summed E-state index contributed by atoms with van der Waals surface area (Å²) in [6, 6.07) is 17.1. The summed E-state index contributed by atoms with van der Waals surface area (Å²) in [6.07, 6.45) is 9.00. The fourth-order valence-electron chi connectivity index (χ4n) is 5.71. The molecule has 2 aromatic rings. The van der Waals surface area contributed by atoms with Crippen molar-refractivity contribution in [1.29, 1.82) is 0 Å². The van der Waals surface area contributed by atoms with E-state index in [-0.39, 0.29) is 23.9 Å². The van der Waals surface area contributed by atoms with Gasteiger partial charge in [-0.15, -0.1) is 0 Å². The Morgan fingerprint density at radius 3 is 1.50 bits per heavy atom. The van der Waals surface area contributed by atoms with Gasteiger partial charge in [-0.25, -0.2) is 0 Å². The zero-order valence-corrected chi connectivity index (χ0v) is 21.1. The van der Waals surface area contributed by atoms with Gasteiger partial charge >= 0.3 is 0 Å². The van der Waals surface area contributed by atoms with Crippen LogP contribution in [0.5, 0.6) is 0 Å². The molecule has 2 unspecified atom stereocenters. The first kappa shape index (κ1) is 24.9. The maximum Gasteiger partial charge on any atom is 0.241 e. The van der Waals surface area contributed by atoms with Crippen LogP contribution in [0, 0.1) is 0 Å². The molecule has 0 radical (unpaired) electrons. The second kappa shape index (κ2) is 12.0. The minimum absolute atomic E-state index is 0.0620. The van der Waals surface area contributed by atoms with E-state index in [9.17, 15) is 9.59 Å². The Bertz CT molecular complexity index is 929. The van der Waals surface area contributed by atoms with Gasteiger partial charge in [0.25, 0.3) is 0 Å². The van der Waals surface area contributed by atoms with Crippen LogP contribution >= 0.6 is 0 Å². The standard InChI is InChI=1S/C29H39N5O2/c35-28(26-7-3-17-30-26)32-23-13-9-21(10-14-23)19-34(25-5-1-2-6-25)20-22-11-15-24(16-12-22)33-29(36)27-8-4-18-31-27/h9-16,25-27,30-31H,1-8,17-20H2,(H,32,35)(H,33,36). The molecule has 1 aliphatic carbocycles. The second-order valence-electron chi connectivity index (χ2n) is 10.5. The van der Waals surface area contributed by atoms with Crippen LogP contribution in [0.15, 0.2) is 48.5 Å². The Morgan fingerprint density at radius 2 is 1.11 bits per heavy atom. The molecule has 7 nitrogen and oxygen atoms in total. The third-order valence-electron chi connectivity index (χ3n) is 7.81. The van der Waals surface area contributed by atoms with E-state index < -0.39 is 0 Å². The molecule has 2 aliphatic heterocycles. The Morgan fingerprint density at radius 1 is 0.667 bits per heavy atom. The van der Waals surface area contributed by atoms with Gasteiger partial charge in [-0.2, -0.15) is 0 Å². The fourth-order valence-corrected chi connectivity index (χ4v) is 5.71. The average Bonchev–Trinajstić information content (AvgIpc) is 3.69. The SMILES string of the molecule is O=C(Nc1ccc(CN(Cc2ccc(NC(=O)C3CCCN3)cc2)C2CCCC2)cc1)C1CCCN1. The lowest BCUT2D eigenvalue weighted by Gasteiger charge is -2.29. The highest BCUT2D eigenvalue weighted by atomic mass is 16.2. The first-order valence-electron chi connectivity index (χ1n) is 13.6. The zero-order chi connectivity index (χ0) is 24.7. The van der Waals surface area contributed by atoms with Crippen molar-refractivity contribution in [3.8, 4) is 0 Å². The molecule has 4 N–H and O–H groups in total. The van der Waals surface area contributed by atoms with Gasteiger partial charge in [0.1, 0.15) is 0 Å². The van der Waals surface area contributed by atoms with Gasteiger partial charge in [-0.05, 0) is 87.0 Å². The molecule has 7 heteroatoms. The van der Waals surface area contributed by atoms with Crippen LogP contribution in [0.3, 0.4) is 0 Å². The number of amides is 2. The van der Waals surface area contributed by atoms with E-state index in [1.54, 1.807) is 0 Å². The Labute approximate surface area is 214 Å². The smallest absolute Gasteiger partial charge is 0.241 e. The van der Waals surface area contributed by atoms with E-state index in [2.05, 4.69) is 50.4 Å². The summed E-state index contributed by atoms with van der Waals surface area (Å²) < 4.78 is 0. The third-order valence-corrected chi connectivity index (χ3v) is 7.81. The first-order valence-corrected chi connectivity index (χ1v) is 13.6. The number of carbonyl (C=O) groups is 2. The first-order chi connectivity index (χ1) is 17.6. The van der Waals surface area contributed by atoms with Crippen LogP contribution in [0.1, 0.15) is 62.5 Å². The van der Waals surface area contributed by atoms with Gasteiger partial charge in [0, 0.05) is 30.5 Å². The van der Waals surface area contributed by atoms with Gasteiger partial charge < -0.3 is 21.3 Å². The number of nitrogens with one attached hydrogen (secondary N) is 4. The van der Waals surface area contributed by atoms with E-state index in [1.807, 2.05) is 24.3 Å². The molecule has 2 amide bonds. The molecule has 2 aromatic carbocycles. The third kappa shape index (κ3) is 6.52. The van der Waals surface area contributed by atoms with Crippen LogP contribution in [-0.2, 0) is 22.7 Å². The fraction of sp³-hybridized carbons (Fsp3) is 0.517. The van der Waals surface area contributed by atoms with Gasteiger partial charge in [0.2, 0.25) is 11.8 Å². The van der Waals surface area contributed by atoms with Crippen molar-refractivity contribution in [1.82, 2.24) is 15.5 Å². The number of anilines is 2. The Hall–Kier alpha value is -2.74. The molecule has 0 spiro atoms. The molecule has 1 saturated carbocycles. The number of hydrogen-bond donors (Lipinski definition) is 4. The van der Waals surface area contributed by atoms with Gasteiger partial charge in [0.15, 0.2) is 0 Å². The van der Waals surface area contributed by atoms with E-state index >= 15 is 0 Å². The summed E-state index contributed by atoms with van der Waals surface area (Å²) in [6.45, 7) is 3.61. The molecule has 5 rings (SSSR count). The number of nitrogens with zero attached hydrogens (tertiary/aromatic N) is 1. The summed E-state index contributed by atoms with van der Waals surface area (Å²) in [5, 5.41) is 12.6. The van der Waals surface area contributed by atoms with Crippen molar-refractivity contribution in [3.05, 3.63) is 59.7 Å². The summed E-state index contributed by atoms with van der Waals surface area (Å²) in [5.74, 6) is 0.124. The molecule has 3 fully saturated rings. The number of carbonyl (C=O) groups excluding carboxylic acids is 2. The van der Waals surface area contributed by atoms with Gasteiger partial charge in [-0.3, -0.25) is 14.5 Å². The van der Waals surface area contributed by atoms with Crippen LogP contribution in [0.25, 0.3) is 0 Å². The lowest BCUT2D eigenvalue weighted by Crippen LogP contribution is -2.35. The highest BCUT2D eigenvalue weighted by molar-refractivity contribution is 5.95. The van der Waals surface area contributed by atoms with Crippen LogP contribution in [0.2, 0.25) is 0 Å². The quantitative estimate of drug-likeness (QED) is 0.428. The molecule has 2 heterocycles. The lowest BCUT2D eigenvalue weighted by molar-refractivity contribution is -0.118. The normalized spacial score (nSPS) is 22.2. The van der Waals surface area contributed by atoms with Crippen LogP contribution in [-0.4, -0.2) is 47.9 Å². The number of rotatable bonds is 9. The molecule has 2 saturated heterocycles. The van der Waals surface area contributed by atoms with Crippen molar-refractivity contribution in [3.63, 3.8) is 0 Å². The molecule has 2 atom stereocenters. The summed E-state index contributed by atoms with van der Waals surface area (Å²) in [7, 11) is 0. The largest absolute Gasteiger partial charge is 0.325 e. The molecule has 36 heavy (non-hydrogen) atoms. The molecular formula is C29H39N5O2. The maximum absolute atomic E-state index is 12.4. The van der Waals surface area contributed by atoms with Crippen molar-refractivity contribution in [2.75, 3.05) is 23.7 Å². The van der Waals surface area contributed by atoms with Gasteiger partial charge in [0.05, 0.1) is 12.1 Å². The highest BCUT2D eigenvalue weighted by Gasteiger charge is 2.25. The summed E-state index contributed by atoms with van der Waals surface area (Å²) in [5.41, 5.74) is 4.23. The van der Waals surface area contributed by atoms with Crippen molar-refractivity contribution < 1.29 is 9.59 Å². The minimum Gasteiger partial charge on any atom is -0.325 e. The highest BCUT2D eigenvalue weighted by Crippen LogP contribution is 2.27. The molecule has 3 aliphatic rings. The van der Waals surface area contributed by atoms with E-state index in [4.69, 9.17) is 0 Å². The van der Waals surface area contributed by atoms with Crippen molar-refractivity contribution >= 4 is 23.2 Å². The number of hydrogen-bond acceptors (Lipinski definition) is 5. The Kier molecular flexibility index (Phi) is 8.31. The van der Waals surface area contributed by atoms with E-state index in [1.165, 1.54) is 36.8 Å². The predicted octanol–water partition coefficient (Wildman–Crippen LogP) is 4.01. The second-order valence-corrected chi connectivity index (χ2v) is 10.5. The minimum atomic E-state index is -0.0679. The zero-order valence-electron chi connectivity index (χ0n) is 21.1. The topological polar surface area (TPSA) is 85.5 Å². The Balaban J connectivity index is 1.19. The average molecular weight is 490 g/mol. The molecular weight excluding hydrogens is 450 g/mol.